The Kier molecular flexibility index (Phi) is 4.03. The molecular formula is C13H17BrN4O2S. The summed E-state index contributed by atoms with van der Waals surface area (Å²) in [5, 5.41) is 6.82. The van der Waals surface area contributed by atoms with Crippen LogP contribution in [0.4, 0.5) is 11.5 Å². The maximum atomic E-state index is 12.4. The van der Waals surface area contributed by atoms with E-state index in [0.717, 1.165) is 5.69 Å². The molecule has 4 N–H and O–H groups in total. The van der Waals surface area contributed by atoms with Gasteiger partial charge in [-0.2, -0.15) is 5.10 Å². The number of nitrogens with one attached hydrogen (secondary N) is 2. The highest BCUT2D eigenvalue weighted by Crippen LogP contribution is 2.27. The molecule has 0 atom stereocenters. The van der Waals surface area contributed by atoms with Crippen LogP contribution in [0.3, 0.4) is 0 Å². The number of hydrogen-bond acceptors (Lipinski definition) is 4. The van der Waals surface area contributed by atoms with E-state index in [2.05, 4.69) is 30.8 Å². The minimum Gasteiger partial charge on any atom is -0.399 e. The van der Waals surface area contributed by atoms with E-state index in [4.69, 9.17) is 5.73 Å². The monoisotopic (exact) mass is 372 g/mol. The SMILES string of the molecule is CC(C)(C)c1cc(NS(=O)(=O)c2cc(N)ccc2Br)n[nH]1. The fraction of sp³-hybridized carbons (Fsp3) is 0.308. The Bertz CT molecular complexity index is 763. The summed E-state index contributed by atoms with van der Waals surface area (Å²) in [6.07, 6.45) is 0. The molecule has 0 radical (unpaired) electrons. The van der Waals surface area contributed by atoms with E-state index in [-0.39, 0.29) is 16.1 Å². The third kappa shape index (κ3) is 3.56. The van der Waals surface area contributed by atoms with E-state index in [9.17, 15) is 8.42 Å². The van der Waals surface area contributed by atoms with Crippen molar-refractivity contribution in [2.24, 2.45) is 0 Å². The van der Waals surface area contributed by atoms with Crippen LogP contribution in [-0.4, -0.2) is 18.6 Å². The number of benzene rings is 1. The lowest BCUT2D eigenvalue weighted by atomic mass is 9.92. The summed E-state index contributed by atoms with van der Waals surface area (Å²) in [5.74, 6) is 0.245. The van der Waals surface area contributed by atoms with Gasteiger partial charge in [0, 0.05) is 27.3 Å². The number of aromatic nitrogens is 2. The highest BCUT2D eigenvalue weighted by Gasteiger charge is 2.22. The zero-order valence-corrected chi connectivity index (χ0v) is 14.3. The quantitative estimate of drug-likeness (QED) is 0.720. The number of halogens is 1. The Morgan fingerprint density at radius 1 is 1.29 bits per heavy atom. The standard InChI is InChI=1S/C13H17BrN4O2S/c1-13(2,3)11-7-12(17-16-11)18-21(19,20)10-6-8(15)4-5-9(10)14/h4-7H,15H2,1-3H3,(H2,16,17,18). The summed E-state index contributed by atoms with van der Waals surface area (Å²) in [5.41, 5.74) is 6.71. The molecule has 0 amide bonds. The average Bonchev–Trinajstić information content (AvgIpc) is 2.79. The predicted octanol–water partition coefficient (Wildman–Crippen LogP) is 2.85. The van der Waals surface area contributed by atoms with Gasteiger partial charge in [0.15, 0.2) is 5.82 Å². The second-order valence-corrected chi connectivity index (χ2v) is 8.22. The summed E-state index contributed by atoms with van der Waals surface area (Å²) >= 11 is 3.21. The number of rotatable bonds is 3. The first kappa shape index (κ1) is 15.8. The van der Waals surface area contributed by atoms with E-state index >= 15 is 0 Å². The molecule has 0 bridgehead atoms. The molecule has 21 heavy (non-hydrogen) atoms. The van der Waals surface area contributed by atoms with Gasteiger partial charge in [0.1, 0.15) is 4.90 Å². The van der Waals surface area contributed by atoms with Crippen LogP contribution in [0, 0.1) is 0 Å². The Morgan fingerprint density at radius 3 is 2.52 bits per heavy atom. The summed E-state index contributed by atoms with van der Waals surface area (Å²) < 4.78 is 27.6. The molecule has 2 rings (SSSR count). The van der Waals surface area contributed by atoms with Crippen LogP contribution in [0.5, 0.6) is 0 Å². The first-order valence-electron chi connectivity index (χ1n) is 6.23. The molecule has 8 heteroatoms. The Morgan fingerprint density at radius 2 is 1.95 bits per heavy atom. The molecule has 0 saturated carbocycles. The first-order valence-corrected chi connectivity index (χ1v) is 8.51. The van der Waals surface area contributed by atoms with Gasteiger partial charge in [-0.05, 0) is 34.1 Å². The number of nitrogens with zero attached hydrogens (tertiary/aromatic N) is 1. The Balaban J connectivity index is 2.34. The lowest BCUT2D eigenvalue weighted by Gasteiger charge is -2.14. The van der Waals surface area contributed by atoms with E-state index in [1.807, 2.05) is 20.8 Å². The molecule has 0 spiro atoms. The van der Waals surface area contributed by atoms with Crippen molar-refractivity contribution in [3.05, 3.63) is 34.4 Å². The third-order valence-electron chi connectivity index (χ3n) is 2.87. The normalized spacial score (nSPS) is 12.4. The molecule has 0 aliphatic rings. The van der Waals surface area contributed by atoms with E-state index < -0.39 is 10.0 Å². The molecule has 114 valence electrons. The van der Waals surface area contributed by atoms with Crippen molar-refractivity contribution in [2.75, 3.05) is 10.5 Å². The van der Waals surface area contributed by atoms with Crippen molar-refractivity contribution in [3.63, 3.8) is 0 Å². The maximum absolute atomic E-state index is 12.4. The van der Waals surface area contributed by atoms with Gasteiger partial charge in [-0.3, -0.25) is 9.82 Å². The van der Waals surface area contributed by atoms with E-state index in [1.54, 1.807) is 18.2 Å². The zero-order chi connectivity index (χ0) is 15.8. The molecule has 6 nitrogen and oxygen atoms in total. The van der Waals surface area contributed by atoms with Crippen LogP contribution < -0.4 is 10.5 Å². The highest BCUT2D eigenvalue weighted by molar-refractivity contribution is 9.10. The molecule has 0 saturated heterocycles. The van der Waals surface area contributed by atoms with Gasteiger partial charge in [0.2, 0.25) is 0 Å². The number of sulfonamides is 1. The average molecular weight is 373 g/mol. The van der Waals surface area contributed by atoms with Gasteiger partial charge in [-0.25, -0.2) is 8.42 Å². The van der Waals surface area contributed by atoms with Crippen LogP contribution in [0.25, 0.3) is 0 Å². The van der Waals surface area contributed by atoms with Gasteiger partial charge in [-0.15, -0.1) is 0 Å². The number of nitrogens with two attached hydrogens (primary N) is 1. The fourth-order valence-electron chi connectivity index (χ4n) is 1.68. The fourth-order valence-corrected chi connectivity index (χ4v) is 3.67. The molecule has 0 unspecified atom stereocenters. The second-order valence-electron chi connectivity index (χ2n) is 5.71. The molecule has 0 fully saturated rings. The molecule has 0 aliphatic carbocycles. The first-order chi connectivity index (χ1) is 9.59. The predicted molar refractivity (Wildman–Crippen MR) is 86.7 cm³/mol. The van der Waals surface area contributed by atoms with Crippen molar-refractivity contribution in [2.45, 2.75) is 31.1 Å². The Hall–Kier alpha value is -1.54. The van der Waals surface area contributed by atoms with Crippen LogP contribution in [0.1, 0.15) is 26.5 Å². The van der Waals surface area contributed by atoms with Crippen molar-refractivity contribution in [1.82, 2.24) is 10.2 Å². The van der Waals surface area contributed by atoms with Gasteiger partial charge in [0.25, 0.3) is 10.0 Å². The topological polar surface area (TPSA) is 101 Å². The van der Waals surface area contributed by atoms with Gasteiger partial charge in [0.05, 0.1) is 0 Å². The van der Waals surface area contributed by atoms with Crippen LogP contribution in [0.15, 0.2) is 33.6 Å². The summed E-state index contributed by atoms with van der Waals surface area (Å²) in [4.78, 5) is 0.0720. The lowest BCUT2D eigenvalue weighted by Crippen LogP contribution is -2.14. The summed E-state index contributed by atoms with van der Waals surface area (Å²) in [7, 11) is -3.76. The molecule has 0 aliphatic heterocycles. The van der Waals surface area contributed by atoms with Crippen LogP contribution in [-0.2, 0) is 15.4 Å². The van der Waals surface area contributed by atoms with E-state index in [1.165, 1.54) is 6.07 Å². The number of nitrogen functional groups attached to an aromatic ring is 1. The van der Waals surface area contributed by atoms with Crippen molar-refractivity contribution < 1.29 is 8.42 Å². The number of H-pyrrole nitrogens is 1. The molecular weight excluding hydrogens is 356 g/mol. The van der Waals surface area contributed by atoms with Crippen molar-refractivity contribution in [3.8, 4) is 0 Å². The minimum absolute atomic E-state index is 0.0720. The molecule has 2 aromatic rings. The van der Waals surface area contributed by atoms with E-state index in [0.29, 0.717) is 10.2 Å². The second kappa shape index (κ2) is 5.34. The lowest BCUT2D eigenvalue weighted by molar-refractivity contribution is 0.567. The largest absolute Gasteiger partial charge is 0.399 e. The number of anilines is 2. The van der Waals surface area contributed by atoms with Gasteiger partial charge < -0.3 is 5.73 Å². The third-order valence-corrected chi connectivity index (χ3v) is 5.22. The van der Waals surface area contributed by atoms with Crippen molar-refractivity contribution in [1.29, 1.82) is 0 Å². The minimum atomic E-state index is -3.76. The maximum Gasteiger partial charge on any atom is 0.264 e. The van der Waals surface area contributed by atoms with Crippen molar-refractivity contribution >= 4 is 37.5 Å². The summed E-state index contributed by atoms with van der Waals surface area (Å²) in [6, 6.07) is 6.28. The van der Waals surface area contributed by atoms with Gasteiger partial charge in [-0.1, -0.05) is 20.8 Å². The highest BCUT2D eigenvalue weighted by atomic mass is 79.9. The molecule has 1 heterocycles. The zero-order valence-electron chi connectivity index (χ0n) is 11.9. The molecule has 1 aromatic heterocycles. The Labute approximate surface area is 132 Å². The summed E-state index contributed by atoms with van der Waals surface area (Å²) in [6.45, 7) is 6.02. The molecule has 1 aromatic carbocycles. The smallest absolute Gasteiger partial charge is 0.264 e. The number of aromatic amines is 1. The number of hydrogen-bond donors (Lipinski definition) is 3. The van der Waals surface area contributed by atoms with Crippen LogP contribution >= 0.6 is 15.9 Å². The van der Waals surface area contributed by atoms with Gasteiger partial charge >= 0.3 is 0 Å². The van der Waals surface area contributed by atoms with Crippen LogP contribution in [0.2, 0.25) is 0 Å².